The Morgan fingerprint density at radius 2 is 1.00 bits per heavy atom. The lowest BCUT2D eigenvalue weighted by atomic mass is 9.85. The number of benzene rings is 3. The molecule has 38 heavy (non-hydrogen) atoms. The highest BCUT2D eigenvalue weighted by molar-refractivity contribution is 14.1. The molecule has 0 fully saturated rings. The van der Waals surface area contributed by atoms with Gasteiger partial charge in [-0.15, -0.1) is 0 Å². The van der Waals surface area contributed by atoms with E-state index in [0.29, 0.717) is 22.5 Å². The average molecular weight is 724 g/mol. The van der Waals surface area contributed by atoms with Gasteiger partial charge in [0.15, 0.2) is 0 Å². The summed E-state index contributed by atoms with van der Waals surface area (Å²) in [5, 5.41) is 0. The molecule has 0 spiro atoms. The number of nitrogens with one attached hydrogen (secondary N) is 2. The van der Waals surface area contributed by atoms with E-state index in [4.69, 9.17) is 0 Å². The van der Waals surface area contributed by atoms with Gasteiger partial charge < -0.3 is 9.97 Å². The van der Waals surface area contributed by atoms with Crippen molar-refractivity contribution in [1.82, 2.24) is 9.97 Å². The van der Waals surface area contributed by atoms with Crippen LogP contribution in [0.1, 0.15) is 71.7 Å². The van der Waals surface area contributed by atoms with E-state index in [0.717, 1.165) is 35.2 Å². The zero-order valence-corrected chi connectivity index (χ0v) is 25.5. The van der Waals surface area contributed by atoms with Crippen molar-refractivity contribution in [3.8, 4) is 0 Å². The molecule has 0 radical (unpaired) electrons. The van der Waals surface area contributed by atoms with Crippen LogP contribution in [0.15, 0.2) is 84.9 Å². The molecule has 6 heteroatoms. The molecule has 0 saturated heterocycles. The predicted octanol–water partition coefficient (Wildman–Crippen LogP) is 8.12. The molecular weight excluding hydrogens is 698 g/mol. The fourth-order valence-corrected chi connectivity index (χ4v) is 5.78. The molecule has 2 heterocycles. The Bertz CT molecular complexity index is 1530. The summed E-state index contributed by atoms with van der Waals surface area (Å²) in [4.78, 5) is 33.3. The number of aromatic amines is 2. The quantitative estimate of drug-likeness (QED) is 0.132. The van der Waals surface area contributed by atoms with E-state index >= 15 is 0 Å². The lowest BCUT2D eigenvalue weighted by molar-refractivity contribution is 0.102. The van der Waals surface area contributed by atoms with Gasteiger partial charge in [0, 0.05) is 29.7 Å². The Balaban J connectivity index is 1.57. The van der Waals surface area contributed by atoms with E-state index in [1.165, 1.54) is 5.56 Å². The third kappa shape index (κ3) is 5.42. The van der Waals surface area contributed by atoms with Crippen molar-refractivity contribution < 1.29 is 9.59 Å². The lowest BCUT2D eigenvalue weighted by Gasteiger charge is -2.21. The number of carbonyl (C=O) groups excluding carboxylic acids is 2. The van der Waals surface area contributed by atoms with Gasteiger partial charge in [0.2, 0.25) is 11.6 Å². The standard InChI is InChI=1S/C32H26I2N2O2/c1-18-16-19(2)29(20(3)17-18)30(25-12-14-27(35-25)31(37)21-4-8-23(33)9-5-21)26-13-15-28(36-26)32(38)22-6-10-24(34)11-7-22/h4-17,30,35-36H,1-3H3. The summed E-state index contributed by atoms with van der Waals surface area (Å²) in [6, 6.07) is 27.2. The number of halogens is 2. The molecule has 190 valence electrons. The van der Waals surface area contributed by atoms with Crippen molar-refractivity contribution >= 4 is 56.7 Å². The second-order valence-electron chi connectivity index (χ2n) is 9.57. The van der Waals surface area contributed by atoms with Crippen molar-refractivity contribution in [1.29, 1.82) is 0 Å². The first-order valence-corrected chi connectivity index (χ1v) is 14.4. The van der Waals surface area contributed by atoms with Gasteiger partial charge in [-0.3, -0.25) is 9.59 Å². The van der Waals surface area contributed by atoms with Crippen LogP contribution >= 0.6 is 45.2 Å². The molecular formula is C32H26I2N2O2. The van der Waals surface area contributed by atoms with E-state index in [1.807, 2.05) is 72.8 Å². The van der Waals surface area contributed by atoms with Gasteiger partial charge in [0.1, 0.15) is 0 Å². The van der Waals surface area contributed by atoms with E-state index in [-0.39, 0.29) is 17.5 Å². The van der Waals surface area contributed by atoms with Gasteiger partial charge in [0.05, 0.1) is 17.3 Å². The molecule has 5 aromatic rings. The molecule has 3 aromatic carbocycles. The van der Waals surface area contributed by atoms with Gasteiger partial charge in [0.25, 0.3) is 0 Å². The summed E-state index contributed by atoms with van der Waals surface area (Å²) in [7, 11) is 0. The number of aromatic nitrogens is 2. The van der Waals surface area contributed by atoms with E-state index < -0.39 is 0 Å². The molecule has 0 aliphatic heterocycles. The summed E-state index contributed by atoms with van der Waals surface area (Å²) in [5.41, 5.74) is 8.82. The molecule has 0 aliphatic rings. The molecule has 4 nitrogen and oxygen atoms in total. The largest absolute Gasteiger partial charge is 0.355 e. The maximum Gasteiger partial charge on any atom is 0.209 e. The molecule has 0 aliphatic carbocycles. The van der Waals surface area contributed by atoms with Crippen molar-refractivity contribution in [2.75, 3.05) is 0 Å². The normalized spacial score (nSPS) is 11.2. The number of hydrogen-bond donors (Lipinski definition) is 2. The van der Waals surface area contributed by atoms with E-state index in [2.05, 4.69) is 88.1 Å². The molecule has 0 bridgehead atoms. The summed E-state index contributed by atoms with van der Waals surface area (Å²) in [5.74, 6) is -0.304. The number of hydrogen-bond acceptors (Lipinski definition) is 2. The van der Waals surface area contributed by atoms with E-state index in [1.54, 1.807) is 0 Å². The van der Waals surface area contributed by atoms with Crippen molar-refractivity contribution in [3.05, 3.63) is 148 Å². The zero-order valence-electron chi connectivity index (χ0n) is 21.2. The lowest BCUT2D eigenvalue weighted by Crippen LogP contribution is -2.11. The van der Waals surface area contributed by atoms with E-state index in [9.17, 15) is 9.59 Å². The molecule has 0 atom stereocenters. The Hall–Kier alpha value is -2.98. The highest BCUT2D eigenvalue weighted by Crippen LogP contribution is 2.36. The monoisotopic (exact) mass is 724 g/mol. The fourth-order valence-electron chi connectivity index (χ4n) is 5.06. The topological polar surface area (TPSA) is 65.7 Å². The van der Waals surface area contributed by atoms with Crippen LogP contribution in [0.25, 0.3) is 0 Å². The molecule has 0 amide bonds. The number of rotatable bonds is 7. The Labute approximate surface area is 249 Å². The maximum absolute atomic E-state index is 13.2. The number of aryl methyl sites for hydroxylation is 3. The first kappa shape index (κ1) is 26.6. The minimum absolute atomic E-state index is 0.0511. The van der Waals surface area contributed by atoms with Crippen LogP contribution in [-0.2, 0) is 0 Å². The van der Waals surface area contributed by atoms with Crippen molar-refractivity contribution in [3.63, 3.8) is 0 Å². The van der Waals surface area contributed by atoms with Crippen LogP contribution in [-0.4, -0.2) is 21.5 Å². The second kappa shape index (κ2) is 11.0. The van der Waals surface area contributed by atoms with Crippen LogP contribution in [0, 0.1) is 27.9 Å². The first-order valence-electron chi connectivity index (χ1n) is 12.3. The summed E-state index contributed by atoms with van der Waals surface area (Å²) >= 11 is 4.47. The average Bonchev–Trinajstić information content (AvgIpc) is 3.57. The maximum atomic E-state index is 13.2. The Morgan fingerprint density at radius 1 is 0.605 bits per heavy atom. The van der Waals surface area contributed by atoms with Gasteiger partial charge in [-0.05, 0) is 155 Å². The van der Waals surface area contributed by atoms with Crippen molar-refractivity contribution in [2.24, 2.45) is 0 Å². The predicted molar refractivity (Wildman–Crippen MR) is 168 cm³/mol. The van der Waals surface area contributed by atoms with Gasteiger partial charge >= 0.3 is 0 Å². The van der Waals surface area contributed by atoms with Crippen LogP contribution in [0.3, 0.4) is 0 Å². The zero-order chi connectivity index (χ0) is 27.0. The Kier molecular flexibility index (Phi) is 7.72. The SMILES string of the molecule is Cc1cc(C)c(C(c2ccc(C(=O)c3ccc(I)cc3)[nH]2)c2ccc(C(=O)c3ccc(I)cc3)[nH]2)c(C)c1. The third-order valence-electron chi connectivity index (χ3n) is 6.77. The number of carbonyl (C=O) groups is 2. The minimum Gasteiger partial charge on any atom is -0.355 e. The Morgan fingerprint density at radius 3 is 1.39 bits per heavy atom. The summed E-state index contributed by atoms with van der Waals surface area (Å²) in [6.07, 6.45) is 0. The van der Waals surface area contributed by atoms with Gasteiger partial charge in [-0.25, -0.2) is 0 Å². The second-order valence-corrected chi connectivity index (χ2v) is 12.1. The molecule has 0 unspecified atom stereocenters. The fraction of sp³-hybridized carbons (Fsp3) is 0.125. The summed E-state index contributed by atoms with van der Waals surface area (Å²) in [6.45, 7) is 6.32. The molecule has 2 aromatic heterocycles. The van der Waals surface area contributed by atoms with Crippen molar-refractivity contribution in [2.45, 2.75) is 26.7 Å². The molecule has 0 saturated carbocycles. The van der Waals surface area contributed by atoms with Crippen LogP contribution < -0.4 is 0 Å². The van der Waals surface area contributed by atoms with Crippen LogP contribution in [0.4, 0.5) is 0 Å². The number of H-pyrrole nitrogens is 2. The molecule has 5 rings (SSSR count). The van der Waals surface area contributed by atoms with Crippen LogP contribution in [0.5, 0.6) is 0 Å². The highest BCUT2D eigenvalue weighted by Gasteiger charge is 2.26. The highest BCUT2D eigenvalue weighted by atomic mass is 127. The molecule has 2 N–H and O–H groups in total. The number of ketones is 2. The van der Waals surface area contributed by atoms with Crippen LogP contribution in [0.2, 0.25) is 0 Å². The smallest absolute Gasteiger partial charge is 0.209 e. The van der Waals surface area contributed by atoms with Gasteiger partial charge in [-0.2, -0.15) is 0 Å². The summed E-state index contributed by atoms with van der Waals surface area (Å²) < 4.78 is 2.16. The first-order chi connectivity index (χ1) is 18.2. The van der Waals surface area contributed by atoms with Gasteiger partial charge in [-0.1, -0.05) is 17.7 Å². The minimum atomic E-state index is -0.202. The third-order valence-corrected chi connectivity index (χ3v) is 8.21.